The highest BCUT2D eigenvalue weighted by molar-refractivity contribution is 5.51. The van der Waals surface area contributed by atoms with Crippen molar-refractivity contribution in [1.82, 2.24) is 10.2 Å². The number of rotatable bonds is 2. The molecule has 3 N–H and O–H groups in total. The summed E-state index contributed by atoms with van der Waals surface area (Å²) in [6.07, 6.45) is 11.0. The molecule has 0 amide bonds. The highest BCUT2D eigenvalue weighted by Crippen LogP contribution is 2.36. The number of nitrogens with two attached hydrogens (primary N) is 1. The lowest BCUT2D eigenvalue weighted by atomic mass is 9.86. The molecule has 0 aromatic carbocycles. The van der Waals surface area contributed by atoms with Crippen LogP contribution in [0.1, 0.15) is 56.6 Å². The molecule has 0 atom stereocenters. The Kier molecular flexibility index (Phi) is 3.55. The molecule has 2 fully saturated rings. The molecule has 1 aliphatic heterocycles. The second kappa shape index (κ2) is 5.31. The average molecular weight is 248 g/mol. The van der Waals surface area contributed by atoms with Gasteiger partial charge in [-0.25, -0.2) is 0 Å². The van der Waals surface area contributed by atoms with Gasteiger partial charge in [-0.3, -0.25) is 5.10 Å². The molecular weight excluding hydrogens is 224 g/mol. The molecule has 1 aromatic heterocycles. The lowest BCUT2D eigenvalue weighted by Crippen LogP contribution is -2.40. The summed E-state index contributed by atoms with van der Waals surface area (Å²) in [5.41, 5.74) is 8.70. The van der Waals surface area contributed by atoms with Gasteiger partial charge in [0.05, 0.1) is 17.6 Å². The van der Waals surface area contributed by atoms with Crippen LogP contribution in [0.4, 0.5) is 5.69 Å². The first-order valence-electron chi connectivity index (χ1n) is 7.38. The van der Waals surface area contributed by atoms with Gasteiger partial charge in [0.2, 0.25) is 0 Å². The van der Waals surface area contributed by atoms with E-state index in [9.17, 15) is 0 Å². The van der Waals surface area contributed by atoms with E-state index >= 15 is 0 Å². The number of aromatic amines is 1. The van der Waals surface area contributed by atoms with E-state index in [4.69, 9.17) is 5.73 Å². The zero-order valence-corrected chi connectivity index (χ0v) is 11.1. The molecule has 2 aliphatic rings. The van der Waals surface area contributed by atoms with E-state index in [1.807, 2.05) is 6.20 Å². The minimum absolute atomic E-state index is 0.395. The predicted molar refractivity (Wildman–Crippen MR) is 73.8 cm³/mol. The topological polar surface area (TPSA) is 57.9 Å². The van der Waals surface area contributed by atoms with Crippen molar-refractivity contribution in [1.29, 1.82) is 0 Å². The van der Waals surface area contributed by atoms with Gasteiger partial charge in [-0.15, -0.1) is 0 Å². The molecule has 1 saturated carbocycles. The second-order valence-electron chi connectivity index (χ2n) is 5.83. The van der Waals surface area contributed by atoms with E-state index in [-0.39, 0.29) is 0 Å². The van der Waals surface area contributed by atoms with Crippen molar-refractivity contribution in [2.75, 3.05) is 18.0 Å². The number of hydrogen-bond acceptors (Lipinski definition) is 3. The van der Waals surface area contributed by atoms with Crippen LogP contribution < -0.4 is 10.6 Å². The summed E-state index contributed by atoms with van der Waals surface area (Å²) in [6, 6.07) is 0.395. The molecule has 4 heteroatoms. The fraction of sp³-hybridized carbons (Fsp3) is 0.786. The molecule has 0 spiro atoms. The van der Waals surface area contributed by atoms with Crippen LogP contribution in [-0.4, -0.2) is 29.3 Å². The molecule has 0 bridgehead atoms. The van der Waals surface area contributed by atoms with Gasteiger partial charge in [-0.05, 0) is 25.7 Å². The van der Waals surface area contributed by atoms with E-state index in [1.54, 1.807) is 0 Å². The molecule has 18 heavy (non-hydrogen) atoms. The predicted octanol–water partition coefficient (Wildman–Crippen LogP) is 2.38. The van der Waals surface area contributed by atoms with Gasteiger partial charge < -0.3 is 10.6 Å². The van der Waals surface area contributed by atoms with Crippen LogP contribution in [-0.2, 0) is 0 Å². The van der Waals surface area contributed by atoms with Crippen LogP contribution in [0.3, 0.4) is 0 Å². The maximum atomic E-state index is 5.98. The smallest absolute Gasteiger partial charge is 0.0785 e. The number of nitrogens with one attached hydrogen (secondary N) is 1. The molecule has 0 unspecified atom stereocenters. The lowest BCUT2D eigenvalue weighted by Gasteiger charge is -2.33. The van der Waals surface area contributed by atoms with Crippen LogP contribution in [0, 0.1) is 0 Å². The van der Waals surface area contributed by atoms with Gasteiger partial charge in [-0.2, -0.15) is 5.10 Å². The van der Waals surface area contributed by atoms with Gasteiger partial charge in [-0.1, -0.05) is 19.3 Å². The average Bonchev–Trinajstić information content (AvgIpc) is 2.90. The van der Waals surface area contributed by atoms with Gasteiger partial charge in [0.25, 0.3) is 0 Å². The van der Waals surface area contributed by atoms with Gasteiger partial charge in [0.15, 0.2) is 0 Å². The number of piperidine rings is 1. The van der Waals surface area contributed by atoms with E-state index < -0.39 is 0 Å². The lowest BCUT2D eigenvalue weighted by molar-refractivity contribution is 0.434. The Morgan fingerprint density at radius 3 is 2.56 bits per heavy atom. The highest BCUT2D eigenvalue weighted by Gasteiger charge is 2.25. The summed E-state index contributed by atoms with van der Waals surface area (Å²) in [5, 5.41) is 7.55. The first-order valence-corrected chi connectivity index (χ1v) is 7.38. The van der Waals surface area contributed by atoms with E-state index in [2.05, 4.69) is 15.1 Å². The zero-order chi connectivity index (χ0) is 12.4. The van der Waals surface area contributed by atoms with Crippen LogP contribution in [0.5, 0.6) is 0 Å². The summed E-state index contributed by atoms with van der Waals surface area (Å²) in [7, 11) is 0. The third kappa shape index (κ3) is 2.39. The number of nitrogens with zero attached hydrogens (tertiary/aromatic N) is 2. The van der Waals surface area contributed by atoms with Crippen molar-refractivity contribution >= 4 is 5.69 Å². The maximum Gasteiger partial charge on any atom is 0.0785 e. The van der Waals surface area contributed by atoms with E-state index in [1.165, 1.54) is 43.5 Å². The SMILES string of the molecule is NC1CCN(c2cn[nH]c2C2CCCCC2)CC1. The third-order valence-electron chi connectivity index (χ3n) is 4.54. The molecule has 1 aromatic rings. The molecule has 2 heterocycles. The molecule has 1 aliphatic carbocycles. The van der Waals surface area contributed by atoms with Crippen LogP contribution in [0.15, 0.2) is 6.20 Å². The minimum Gasteiger partial charge on any atom is -0.369 e. The normalized spacial score (nSPS) is 23.5. The Morgan fingerprint density at radius 1 is 1.11 bits per heavy atom. The molecule has 3 rings (SSSR count). The van der Waals surface area contributed by atoms with Crippen molar-refractivity contribution in [2.45, 2.75) is 56.9 Å². The van der Waals surface area contributed by atoms with Gasteiger partial charge in [0, 0.05) is 25.0 Å². The number of aromatic nitrogens is 2. The number of H-pyrrole nitrogens is 1. The van der Waals surface area contributed by atoms with Crippen molar-refractivity contribution in [2.24, 2.45) is 5.73 Å². The fourth-order valence-corrected chi connectivity index (χ4v) is 3.37. The standard InChI is InChI=1S/C14H24N4/c15-12-6-8-18(9-7-12)13-10-16-17-14(13)11-4-2-1-3-5-11/h10-12H,1-9,15H2,(H,16,17). The maximum absolute atomic E-state index is 5.98. The second-order valence-corrected chi connectivity index (χ2v) is 5.83. The third-order valence-corrected chi connectivity index (χ3v) is 4.54. The Hall–Kier alpha value is -1.03. The van der Waals surface area contributed by atoms with Crippen molar-refractivity contribution in [3.8, 4) is 0 Å². The quantitative estimate of drug-likeness (QED) is 0.845. The minimum atomic E-state index is 0.395. The molecule has 100 valence electrons. The number of anilines is 1. The fourth-order valence-electron chi connectivity index (χ4n) is 3.37. The monoisotopic (exact) mass is 248 g/mol. The van der Waals surface area contributed by atoms with Gasteiger partial charge >= 0.3 is 0 Å². The molecule has 0 radical (unpaired) electrons. The Balaban J connectivity index is 1.74. The summed E-state index contributed by atoms with van der Waals surface area (Å²) < 4.78 is 0. The molecular formula is C14H24N4. The summed E-state index contributed by atoms with van der Waals surface area (Å²) in [6.45, 7) is 2.17. The van der Waals surface area contributed by atoms with Crippen molar-refractivity contribution < 1.29 is 0 Å². The first-order chi connectivity index (χ1) is 8.84. The number of hydrogen-bond donors (Lipinski definition) is 2. The summed E-state index contributed by atoms with van der Waals surface area (Å²) in [5.74, 6) is 0.701. The Bertz CT molecular complexity index is 373. The highest BCUT2D eigenvalue weighted by atomic mass is 15.2. The van der Waals surface area contributed by atoms with Crippen molar-refractivity contribution in [3.05, 3.63) is 11.9 Å². The molecule has 4 nitrogen and oxygen atoms in total. The van der Waals surface area contributed by atoms with Crippen LogP contribution >= 0.6 is 0 Å². The van der Waals surface area contributed by atoms with E-state index in [0.29, 0.717) is 12.0 Å². The van der Waals surface area contributed by atoms with E-state index in [0.717, 1.165) is 25.9 Å². The van der Waals surface area contributed by atoms with Crippen LogP contribution in [0.2, 0.25) is 0 Å². The van der Waals surface area contributed by atoms with Crippen LogP contribution in [0.25, 0.3) is 0 Å². The Morgan fingerprint density at radius 2 is 1.83 bits per heavy atom. The summed E-state index contributed by atoms with van der Waals surface area (Å²) in [4.78, 5) is 2.47. The Labute approximate surface area is 109 Å². The molecule has 1 saturated heterocycles. The largest absolute Gasteiger partial charge is 0.369 e. The summed E-state index contributed by atoms with van der Waals surface area (Å²) >= 11 is 0. The van der Waals surface area contributed by atoms with Crippen molar-refractivity contribution in [3.63, 3.8) is 0 Å². The first kappa shape index (κ1) is 12.0. The van der Waals surface area contributed by atoms with Gasteiger partial charge in [0.1, 0.15) is 0 Å². The zero-order valence-electron chi connectivity index (χ0n) is 11.1.